The van der Waals surface area contributed by atoms with Gasteiger partial charge in [-0.05, 0) is 30.2 Å². The fraction of sp³-hybridized carbons (Fsp3) is 0.200. The van der Waals surface area contributed by atoms with E-state index in [1.54, 1.807) is 12.3 Å². The van der Waals surface area contributed by atoms with E-state index in [9.17, 15) is 4.79 Å². The third-order valence-electron chi connectivity index (χ3n) is 2.87. The van der Waals surface area contributed by atoms with Gasteiger partial charge in [-0.15, -0.1) is 0 Å². The lowest BCUT2D eigenvalue weighted by molar-refractivity contribution is -0.115. The molecule has 1 aromatic heterocycles. The third-order valence-corrected chi connectivity index (χ3v) is 2.87. The molecule has 19 heavy (non-hydrogen) atoms. The van der Waals surface area contributed by atoms with Crippen molar-refractivity contribution in [3.63, 3.8) is 0 Å². The van der Waals surface area contributed by atoms with Gasteiger partial charge in [0.1, 0.15) is 0 Å². The van der Waals surface area contributed by atoms with Crippen LogP contribution in [-0.4, -0.2) is 10.9 Å². The second-order valence-corrected chi connectivity index (χ2v) is 4.38. The van der Waals surface area contributed by atoms with Crippen molar-refractivity contribution < 1.29 is 4.79 Å². The Morgan fingerprint density at radius 1 is 1.26 bits per heavy atom. The Bertz CT molecular complexity index is 581. The van der Waals surface area contributed by atoms with Gasteiger partial charge in [0, 0.05) is 24.1 Å². The summed E-state index contributed by atoms with van der Waals surface area (Å²) >= 11 is 0. The largest absolute Gasteiger partial charge is 0.326 e. The maximum atomic E-state index is 12.0. The molecular formula is C15H17N3O. The van der Waals surface area contributed by atoms with Gasteiger partial charge in [0.25, 0.3) is 0 Å². The number of benzene rings is 1. The molecule has 0 radical (unpaired) electrons. The van der Waals surface area contributed by atoms with Gasteiger partial charge in [0.15, 0.2) is 0 Å². The van der Waals surface area contributed by atoms with Gasteiger partial charge in [0.05, 0.1) is 6.42 Å². The summed E-state index contributed by atoms with van der Waals surface area (Å²) in [5, 5.41) is 2.86. The van der Waals surface area contributed by atoms with Crippen molar-refractivity contribution in [3.8, 4) is 0 Å². The van der Waals surface area contributed by atoms with E-state index in [-0.39, 0.29) is 5.91 Å². The Kier molecular flexibility index (Phi) is 4.26. The summed E-state index contributed by atoms with van der Waals surface area (Å²) in [7, 11) is 0. The molecule has 3 N–H and O–H groups in total. The zero-order chi connectivity index (χ0) is 13.7. The lowest BCUT2D eigenvalue weighted by Gasteiger charge is -2.08. The molecule has 0 aliphatic carbocycles. The molecule has 0 bridgehead atoms. The van der Waals surface area contributed by atoms with Crippen LogP contribution in [0.15, 0.2) is 42.6 Å². The van der Waals surface area contributed by atoms with Gasteiger partial charge in [-0.1, -0.05) is 24.3 Å². The molecule has 4 nitrogen and oxygen atoms in total. The monoisotopic (exact) mass is 255 g/mol. The molecule has 0 unspecified atom stereocenters. The average molecular weight is 255 g/mol. The molecule has 0 spiro atoms. The highest BCUT2D eigenvalue weighted by molar-refractivity contribution is 5.92. The first-order chi connectivity index (χ1) is 9.19. The number of hydrogen-bond donors (Lipinski definition) is 2. The van der Waals surface area contributed by atoms with Crippen LogP contribution in [0.2, 0.25) is 0 Å². The molecule has 2 aromatic rings. The molecule has 2 rings (SSSR count). The molecule has 0 saturated carbocycles. The van der Waals surface area contributed by atoms with Crippen LogP contribution in [0.1, 0.15) is 16.8 Å². The van der Waals surface area contributed by atoms with E-state index < -0.39 is 0 Å². The third kappa shape index (κ3) is 3.63. The van der Waals surface area contributed by atoms with Crippen LogP contribution in [0.3, 0.4) is 0 Å². The van der Waals surface area contributed by atoms with Gasteiger partial charge >= 0.3 is 0 Å². The molecule has 0 aliphatic heterocycles. The van der Waals surface area contributed by atoms with Gasteiger partial charge < -0.3 is 11.1 Å². The molecule has 4 heteroatoms. The van der Waals surface area contributed by atoms with E-state index in [0.29, 0.717) is 13.0 Å². The number of hydrogen-bond acceptors (Lipinski definition) is 3. The number of carbonyl (C=O) groups excluding carboxylic acids is 1. The number of pyridine rings is 1. The van der Waals surface area contributed by atoms with E-state index in [1.807, 2.05) is 37.3 Å². The normalized spacial score (nSPS) is 10.2. The van der Waals surface area contributed by atoms with E-state index >= 15 is 0 Å². The molecule has 98 valence electrons. The Hall–Kier alpha value is -2.20. The number of nitrogens with one attached hydrogen (secondary N) is 1. The number of carbonyl (C=O) groups is 1. The Labute approximate surface area is 112 Å². The predicted molar refractivity (Wildman–Crippen MR) is 75.6 cm³/mol. The lowest BCUT2D eigenvalue weighted by atomic mass is 10.0. The Morgan fingerprint density at radius 2 is 2.00 bits per heavy atom. The minimum Gasteiger partial charge on any atom is -0.326 e. The SMILES string of the molecule is Cc1cc(NC(=O)Cc2ccccc2CN)ccn1. The topological polar surface area (TPSA) is 68.0 Å². The highest BCUT2D eigenvalue weighted by Gasteiger charge is 2.07. The number of rotatable bonds is 4. The Balaban J connectivity index is 2.05. The summed E-state index contributed by atoms with van der Waals surface area (Å²) < 4.78 is 0. The van der Waals surface area contributed by atoms with Crippen LogP contribution in [0, 0.1) is 6.92 Å². The minimum absolute atomic E-state index is 0.0495. The highest BCUT2D eigenvalue weighted by Crippen LogP contribution is 2.11. The van der Waals surface area contributed by atoms with Crippen molar-refractivity contribution >= 4 is 11.6 Å². The molecule has 0 fully saturated rings. The number of aromatic nitrogens is 1. The van der Waals surface area contributed by atoms with E-state index in [0.717, 1.165) is 22.5 Å². The predicted octanol–water partition coefficient (Wildman–Crippen LogP) is 2.03. The minimum atomic E-state index is -0.0495. The average Bonchev–Trinajstić information content (AvgIpc) is 2.39. The first-order valence-corrected chi connectivity index (χ1v) is 6.18. The first kappa shape index (κ1) is 13.2. The van der Waals surface area contributed by atoms with E-state index in [2.05, 4.69) is 10.3 Å². The second-order valence-electron chi connectivity index (χ2n) is 4.38. The smallest absolute Gasteiger partial charge is 0.228 e. The summed E-state index contributed by atoms with van der Waals surface area (Å²) in [5.74, 6) is -0.0495. The van der Waals surface area contributed by atoms with Crippen molar-refractivity contribution in [2.45, 2.75) is 19.9 Å². The summed E-state index contributed by atoms with van der Waals surface area (Å²) in [5.41, 5.74) is 9.27. The fourth-order valence-electron chi connectivity index (χ4n) is 1.93. The van der Waals surface area contributed by atoms with E-state index in [4.69, 9.17) is 5.73 Å². The summed E-state index contributed by atoms with van der Waals surface area (Å²) in [4.78, 5) is 16.1. The van der Waals surface area contributed by atoms with Crippen LogP contribution in [-0.2, 0) is 17.8 Å². The van der Waals surface area contributed by atoms with Crippen molar-refractivity contribution in [1.29, 1.82) is 0 Å². The Morgan fingerprint density at radius 3 is 2.68 bits per heavy atom. The van der Waals surface area contributed by atoms with Gasteiger partial charge in [-0.2, -0.15) is 0 Å². The summed E-state index contributed by atoms with van der Waals surface area (Å²) in [6, 6.07) is 11.3. The number of amides is 1. The number of nitrogens with zero attached hydrogens (tertiary/aromatic N) is 1. The zero-order valence-corrected chi connectivity index (χ0v) is 10.9. The molecule has 0 aliphatic rings. The van der Waals surface area contributed by atoms with Crippen molar-refractivity contribution in [2.75, 3.05) is 5.32 Å². The van der Waals surface area contributed by atoms with Crippen LogP contribution in [0.25, 0.3) is 0 Å². The summed E-state index contributed by atoms with van der Waals surface area (Å²) in [6.45, 7) is 2.33. The maximum Gasteiger partial charge on any atom is 0.228 e. The van der Waals surface area contributed by atoms with E-state index in [1.165, 1.54) is 0 Å². The fourth-order valence-corrected chi connectivity index (χ4v) is 1.93. The molecular weight excluding hydrogens is 238 g/mol. The molecule has 0 saturated heterocycles. The highest BCUT2D eigenvalue weighted by atomic mass is 16.1. The quantitative estimate of drug-likeness (QED) is 0.878. The molecule has 1 heterocycles. The van der Waals surface area contributed by atoms with Crippen LogP contribution < -0.4 is 11.1 Å². The van der Waals surface area contributed by atoms with Crippen LogP contribution >= 0.6 is 0 Å². The number of anilines is 1. The lowest BCUT2D eigenvalue weighted by Crippen LogP contribution is -2.16. The molecule has 1 aromatic carbocycles. The maximum absolute atomic E-state index is 12.0. The van der Waals surface area contributed by atoms with Crippen molar-refractivity contribution in [3.05, 3.63) is 59.4 Å². The summed E-state index contributed by atoms with van der Waals surface area (Å²) in [6.07, 6.45) is 2.01. The van der Waals surface area contributed by atoms with Crippen molar-refractivity contribution in [1.82, 2.24) is 4.98 Å². The van der Waals surface area contributed by atoms with Gasteiger partial charge in [-0.25, -0.2) is 0 Å². The van der Waals surface area contributed by atoms with Gasteiger partial charge in [-0.3, -0.25) is 9.78 Å². The van der Waals surface area contributed by atoms with Crippen LogP contribution in [0.5, 0.6) is 0 Å². The zero-order valence-electron chi connectivity index (χ0n) is 10.9. The molecule has 1 amide bonds. The second kappa shape index (κ2) is 6.11. The van der Waals surface area contributed by atoms with Crippen molar-refractivity contribution in [2.24, 2.45) is 5.73 Å². The number of nitrogens with two attached hydrogens (primary N) is 1. The van der Waals surface area contributed by atoms with Gasteiger partial charge in [0.2, 0.25) is 5.91 Å². The molecule has 0 atom stereocenters. The van der Waals surface area contributed by atoms with Crippen LogP contribution in [0.4, 0.5) is 5.69 Å². The first-order valence-electron chi connectivity index (χ1n) is 6.18. The number of aryl methyl sites for hydroxylation is 1. The standard InChI is InChI=1S/C15H17N3O/c1-11-8-14(6-7-17-11)18-15(19)9-12-4-2-3-5-13(12)10-16/h2-8H,9-10,16H2,1H3,(H,17,18,19).